The highest BCUT2D eigenvalue weighted by molar-refractivity contribution is 7.92. The maximum atomic E-state index is 12.2. The van der Waals surface area contributed by atoms with E-state index in [-0.39, 0.29) is 16.6 Å². The van der Waals surface area contributed by atoms with Crippen LogP contribution in [0.2, 0.25) is 5.02 Å². The van der Waals surface area contributed by atoms with Gasteiger partial charge < -0.3 is 5.32 Å². The van der Waals surface area contributed by atoms with Gasteiger partial charge in [-0.15, -0.1) is 0 Å². The van der Waals surface area contributed by atoms with E-state index in [9.17, 15) is 13.2 Å². The zero-order valence-corrected chi connectivity index (χ0v) is 14.3. The maximum absolute atomic E-state index is 12.2. The predicted molar refractivity (Wildman–Crippen MR) is 92.3 cm³/mol. The van der Waals surface area contributed by atoms with Crippen molar-refractivity contribution in [2.45, 2.75) is 13.5 Å². The third kappa shape index (κ3) is 4.97. The van der Waals surface area contributed by atoms with Gasteiger partial charge in [-0.05, 0) is 36.2 Å². The molecule has 2 aromatic carbocycles. The Morgan fingerprint density at radius 2 is 1.87 bits per heavy atom. The van der Waals surface area contributed by atoms with Crippen LogP contribution in [-0.2, 0) is 16.6 Å². The molecule has 122 valence electrons. The number of rotatable bonds is 5. The fraction of sp³-hybridized carbons (Fsp3) is 0.188. The minimum absolute atomic E-state index is 0.166. The van der Waals surface area contributed by atoms with Gasteiger partial charge in [0, 0.05) is 12.1 Å². The zero-order valence-electron chi connectivity index (χ0n) is 12.8. The van der Waals surface area contributed by atoms with Crippen LogP contribution in [0.1, 0.15) is 21.5 Å². The summed E-state index contributed by atoms with van der Waals surface area (Å²) < 4.78 is 24.7. The molecule has 0 radical (unpaired) electrons. The second-order valence-electron chi connectivity index (χ2n) is 5.18. The monoisotopic (exact) mass is 352 g/mol. The summed E-state index contributed by atoms with van der Waals surface area (Å²) in [5, 5.41) is 2.98. The molecule has 0 saturated heterocycles. The van der Waals surface area contributed by atoms with E-state index in [0.717, 1.165) is 17.4 Å². The lowest BCUT2D eigenvalue weighted by molar-refractivity contribution is 0.0951. The van der Waals surface area contributed by atoms with Crippen LogP contribution in [0.25, 0.3) is 0 Å². The van der Waals surface area contributed by atoms with Gasteiger partial charge in [0.25, 0.3) is 5.91 Å². The van der Waals surface area contributed by atoms with Crippen LogP contribution in [0.4, 0.5) is 5.69 Å². The lowest BCUT2D eigenvalue weighted by Crippen LogP contribution is -2.23. The molecule has 0 aromatic heterocycles. The van der Waals surface area contributed by atoms with Crippen molar-refractivity contribution in [3.05, 3.63) is 64.2 Å². The summed E-state index contributed by atoms with van der Waals surface area (Å²) in [6, 6.07) is 12.2. The highest BCUT2D eigenvalue weighted by atomic mass is 35.5. The Kier molecular flexibility index (Phi) is 5.28. The number of anilines is 1. The minimum Gasteiger partial charge on any atom is -0.348 e. The molecule has 0 aliphatic carbocycles. The molecule has 0 fully saturated rings. The molecule has 2 aromatic rings. The van der Waals surface area contributed by atoms with Gasteiger partial charge in [0.05, 0.1) is 17.0 Å². The van der Waals surface area contributed by atoms with Crippen molar-refractivity contribution in [2.75, 3.05) is 11.0 Å². The van der Waals surface area contributed by atoms with Crippen molar-refractivity contribution in [1.29, 1.82) is 0 Å². The number of hydrogen-bond donors (Lipinski definition) is 2. The molecular weight excluding hydrogens is 336 g/mol. The van der Waals surface area contributed by atoms with Crippen molar-refractivity contribution in [1.82, 2.24) is 5.32 Å². The van der Waals surface area contributed by atoms with Gasteiger partial charge in [-0.25, -0.2) is 8.42 Å². The van der Waals surface area contributed by atoms with E-state index in [4.69, 9.17) is 11.6 Å². The fourth-order valence-corrected chi connectivity index (χ4v) is 2.89. The number of sulfonamides is 1. The number of aryl methyl sites for hydroxylation is 1. The molecule has 1 amide bonds. The minimum atomic E-state index is -3.42. The second kappa shape index (κ2) is 7.02. The molecule has 5 nitrogen and oxygen atoms in total. The van der Waals surface area contributed by atoms with Crippen molar-refractivity contribution in [3.63, 3.8) is 0 Å². The molecule has 0 spiro atoms. The lowest BCUT2D eigenvalue weighted by atomic mass is 10.1. The SMILES string of the molecule is Cc1ccccc1CNC(=O)c1ccc(NS(C)(=O)=O)c(Cl)c1. The molecule has 0 aliphatic heterocycles. The van der Waals surface area contributed by atoms with Crippen LogP contribution in [0, 0.1) is 6.92 Å². The van der Waals surface area contributed by atoms with Gasteiger partial charge in [-0.3, -0.25) is 9.52 Å². The van der Waals surface area contributed by atoms with E-state index in [1.54, 1.807) is 0 Å². The van der Waals surface area contributed by atoms with E-state index in [1.165, 1.54) is 18.2 Å². The maximum Gasteiger partial charge on any atom is 0.251 e. The molecular formula is C16H17ClN2O3S. The van der Waals surface area contributed by atoms with Crippen LogP contribution in [0.15, 0.2) is 42.5 Å². The Morgan fingerprint density at radius 1 is 1.17 bits per heavy atom. The summed E-state index contributed by atoms with van der Waals surface area (Å²) in [7, 11) is -3.42. The largest absolute Gasteiger partial charge is 0.348 e. The first-order valence-electron chi connectivity index (χ1n) is 6.86. The Labute approximate surface area is 140 Å². The molecule has 0 aliphatic rings. The van der Waals surface area contributed by atoms with Gasteiger partial charge in [0.2, 0.25) is 10.0 Å². The molecule has 0 heterocycles. The van der Waals surface area contributed by atoms with E-state index in [1.807, 2.05) is 31.2 Å². The number of carbonyl (C=O) groups is 1. The van der Waals surface area contributed by atoms with Gasteiger partial charge in [0.1, 0.15) is 0 Å². The summed E-state index contributed by atoms with van der Waals surface area (Å²) in [5.41, 5.74) is 2.73. The fourth-order valence-electron chi connectivity index (χ4n) is 2.02. The predicted octanol–water partition coefficient (Wildman–Crippen LogP) is 2.95. The van der Waals surface area contributed by atoms with Crippen molar-refractivity contribution in [3.8, 4) is 0 Å². The number of hydrogen-bond acceptors (Lipinski definition) is 3. The Balaban J connectivity index is 2.08. The van der Waals surface area contributed by atoms with E-state index >= 15 is 0 Å². The van der Waals surface area contributed by atoms with Gasteiger partial charge in [-0.2, -0.15) is 0 Å². The normalized spacial score (nSPS) is 11.1. The Morgan fingerprint density at radius 3 is 2.48 bits per heavy atom. The Hall–Kier alpha value is -2.05. The van der Waals surface area contributed by atoms with Gasteiger partial charge >= 0.3 is 0 Å². The average molecular weight is 353 g/mol. The molecule has 2 N–H and O–H groups in total. The number of nitrogens with one attached hydrogen (secondary N) is 2. The number of benzene rings is 2. The van der Waals surface area contributed by atoms with E-state index < -0.39 is 10.0 Å². The summed E-state index contributed by atoms with van der Waals surface area (Å²) in [4.78, 5) is 12.2. The van der Waals surface area contributed by atoms with Crippen LogP contribution >= 0.6 is 11.6 Å². The van der Waals surface area contributed by atoms with E-state index in [2.05, 4.69) is 10.0 Å². The summed E-state index contributed by atoms with van der Waals surface area (Å²) in [6.45, 7) is 2.39. The summed E-state index contributed by atoms with van der Waals surface area (Å²) in [6.07, 6.45) is 1.03. The van der Waals surface area contributed by atoms with Gasteiger partial charge in [-0.1, -0.05) is 35.9 Å². The van der Waals surface area contributed by atoms with Gasteiger partial charge in [0.15, 0.2) is 0 Å². The number of halogens is 1. The smallest absolute Gasteiger partial charge is 0.251 e. The first kappa shape index (κ1) is 17.3. The second-order valence-corrected chi connectivity index (χ2v) is 7.33. The molecule has 0 unspecified atom stereocenters. The molecule has 23 heavy (non-hydrogen) atoms. The first-order valence-corrected chi connectivity index (χ1v) is 9.13. The zero-order chi connectivity index (χ0) is 17.0. The van der Waals surface area contributed by atoms with Crippen LogP contribution in [0.5, 0.6) is 0 Å². The van der Waals surface area contributed by atoms with Crippen LogP contribution < -0.4 is 10.0 Å². The quantitative estimate of drug-likeness (QED) is 0.868. The van der Waals surface area contributed by atoms with Crippen LogP contribution in [0.3, 0.4) is 0 Å². The van der Waals surface area contributed by atoms with Crippen molar-refractivity contribution < 1.29 is 13.2 Å². The van der Waals surface area contributed by atoms with Crippen molar-refractivity contribution >= 4 is 33.2 Å². The standard InChI is InChI=1S/C16H17ClN2O3S/c1-11-5-3-4-6-13(11)10-18-16(20)12-7-8-15(14(17)9-12)19-23(2,21)22/h3-9,19H,10H2,1-2H3,(H,18,20). The summed E-state index contributed by atoms with van der Waals surface area (Å²) in [5.74, 6) is -0.277. The third-order valence-electron chi connectivity index (χ3n) is 3.23. The highest BCUT2D eigenvalue weighted by Crippen LogP contribution is 2.24. The lowest BCUT2D eigenvalue weighted by Gasteiger charge is -2.10. The van der Waals surface area contributed by atoms with Crippen LogP contribution in [-0.4, -0.2) is 20.6 Å². The third-order valence-corrected chi connectivity index (χ3v) is 4.13. The number of amides is 1. The summed E-state index contributed by atoms with van der Waals surface area (Å²) >= 11 is 6.01. The molecule has 0 bridgehead atoms. The van der Waals surface area contributed by atoms with Crippen molar-refractivity contribution in [2.24, 2.45) is 0 Å². The molecule has 0 atom stereocenters. The first-order chi connectivity index (χ1) is 10.8. The number of carbonyl (C=O) groups excluding carboxylic acids is 1. The molecule has 0 saturated carbocycles. The highest BCUT2D eigenvalue weighted by Gasteiger charge is 2.11. The average Bonchev–Trinajstić information content (AvgIpc) is 2.47. The Bertz CT molecular complexity index is 835. The topological polar surface area (TPSA) is 75.3 Å². The molecule has 2 rings (SSSR count). The van der Waals surface area contributed by atoms with E-state index in [0.29, 0.717) is 12.1 Å². The molecule has 7 heteroatoms.